The van der Waals surface area contributed by atoms with Crippen molar-refractivity contribution in [3.8, 4) is 34.5 Å². The lowest BCUT2D eigenvalue weighted by Crippen LogP contribution is -2.03. The molecule has 0 aliphatic rings. The summed E-state index contributed by atoms with van der Waals surface area (Å²) in [5.41, 5.74) is 6.59. The maximum atomic E-state index is 10.2. The van der Waals surface area contributed by atoms with E-state index in [1.807, 2.05) is 158 Å². The van der Waals surface area contributed by atoms with Crippen LogP contribution in [-0.4, -0.2) is 5.11 Å². The van der Waals surface area contributed by atoms with Crippen molar-refractivity contribution in [2.75, 3.05) is 0 Å². The molecule has 57 heavy (non-hydrogen) atoms. The number of aliphatic hydroxyl groups excluding tert-OH is 1. The number of hydrogen-bond acceptors (Lipinski definition) is 7. The highest BCUT2D eigenvalue weighted by molar-refractivity contribution is 9.10. The van der Waals surface area contributed by atoms with Gasteiger partial charge in [0.05, 0.1) is 6.61 Å². The Balaban J connectivity index is 1.06. The third kappa shape index (κ3) is 11.9. The van der Waals surface area contributed by atoms with E-state index in [1.165, 1.54) is 0 Å². The van der Waals surface area contributed by atoms with Gasteiger partial charge < -0.3 is 33.5 Å². The van der Waals surface area contributed by atoms with Crippen LogP contribution in [0.4, 0.5) is 0 Å². The zero-order valence-corrected chi connectivity index (χ0v) is 33.0. The van der Waals surface area contributed by atoms with E-state index >= 15 is 0 Å². The van der Waals surface area contributed by atoms with Gasteiger partial charge in [0.15, 0.2) is 0 Å². The Morgan fingerprint density at radius 3 is 0.930 bits per heavy atom. The van der Waals surface area contributed by atoms with Gasteiger partial charge in [0.25, 0.3) is 0 Å². The molecule has 0 aliphatic carbocycles. The Morgan fingerprint density at radius 1 is 0.316 bits per heavy atom. The summed E-state index contributed by atoms with van der Waals surface area (Å²) in [6.07, 6.45) is 0. The second kappa shape index (κ2) is 20.1. The number of halogens is 1. The lowest BCUT2D eigenvalue weighted by molar-refractivity contribution is 0.267. The predicted octanol–water partition coefficient (Wildman–Crippen LogP) is 11.4. The first-order chi connectivity index (χ1) is 28.1. The Labute approximate surface area is 342 Å². The lowest BCUT2D eigenvalue weighted by Gasteiger charge is -2.17. The molecule has 0 unspecified atom stereocenters. The van der Waals surface area contributed by atoms with Crippen LogP contribution in [0.5, 0.6) is 34.5 Å². The molecule has 7 aromatic carbocycles. The van der Waals surface area contributed by atoms with E-state index in [1.54, 1.807) is 12.1 Å². The maximum Gasteiger partial charge on any atom is 0.138 e. The van der Waals surface area contributed by atoms with E-state index in [9.17, 15) is 5.11 Å². The monoisotopic (exact) mass is 822 g/mol. The zero-order chi connectivity index (χ0) is 39.1. The fraction of sp³-hybridized carbons (Fsp3) is 0.143. The minimum absolute atomic E-state index is 0.179. The number of ether oxygens (including phenoxy) is 6. The topological polar surface area (TPSA) is 75.6 Å². The van der Waals surface area contributed by atoms with Crippen LogP contribution in [0.15, 0.2) is 174 Å². The van der Waals surface area contributed by atoms with Gasteiger partial charge in [-0.1, -0.05) is 121 Å². The molecule has 0 radical (unpaired) electrons. The molecule has 0 atom stereocenters. The first-order valence-corrected chi connectivity index (χ1v) is 19.5. The zero-order valence-electron chi connectivity index (χ0n) is 31.4. The van der Waals surface area contributed by atoms with Crippen LogP contribution < -0.4 is 28.4 Å². The van der Waals surface area contributed by atoms with Crippen molar-refractivity contribution in [3.63, 3.8) is 0 Å². The van der Waals surface area contributed by atoms with Crippen molar-refractivity contribution in [2.24, 2.45) is 0 Å². The van der Waals surface area contributed by atoms with Gasteiger partial charge in [-0.3, -0.25) is 0 Å². The Kier molecular flexibility index (Phi) is 13.8. The van der Waals surface area contributed by atoms with Gasteiger partial charge in [0.1, 0.15) is 78.6 Å². The second-order valence-electron chi connectivity index (χ2n) is 13.4. The summed E-state index contributed by atoms with van der Waals surface area (Å²) in [5, 5.41) is 10.2. The van der Waals surface area contributed by atoms with Crippen LogP contribution in [-0.2, 0) is 46.2 Å². The van der Waals surface area contributed by atoms with E-state index < -0.39 is 0 Å². The van der Waals surface area contributed by atoms with E-state index in [4.69, 9.17) is 28.4 Å². The molecule has 0 saturated heterocycles. The van der Waals surface area contributed by atoms with E-state index in [0.717, 1.165) is 37.9 Å². The lowest BCUT2D eigenvalue weighted by atomic mass is 10.2. The molecule has 0 bridgehead atoms. The van der Waals surface area contributed by atoms with Gasteiger partial charge in [0, 0.05) is 12.1 Å². The van der Waals surface area contributed by atoms with Gasteiger partial charge in [-0.25, -0.2) is 0 Å². The Hall–Kier alpha value is -6.22. The predicted molar refractivity (Wildman–Crippen MR) is 225 cm³/mol. The first-order valence-electron chi connectivity index (χ1n) is 18.7. The average Bonchev–Trinajstić information content (AvgIpc) is 3.27. The number of hydrogen-bond donors (Lipinski definition) is 1. The molecule has 7 nitrogen and oxygen atoms in total. The molecule has 0 fully saturated rings. The van der Waals surface area contributed by atoms with Crippen molar-refractivity contribution in [1.82, 2.24) is 0 Å². The van der Waals surface area contributed by atoms with Crippen LogP contribution in [0.25, 0.3) is 0 Å². The maximum absolute atomic E-state index is 10.2. The van der Waals surface area contributed by atoms with Gasteiger partial charge in [-0.2, -0.15) is 0 Å². The molecule has 0 saturated carbocycles. The van der Waals surface area contributed by atoms with Crippen LogP contribution in [0.1, 0.15) is 38.9 Å². The number of aliphatic hydroxyl groups is 1. The minimum Gasteiger partial charge on any atom is -0.489 e. The van der Waals surface area contributed by atoms with E-state index in [0.29, 0.717) is 66.5 Å². The third-order valence-electron chi connectivity index (χ3n) is 8.91. The van der Waals surface area contributed by atoms with E-state index in [2.05, 4.69) is 15.9 Å². The highest BCUT2D eigenvalue weighted by Gasteiger charge is 2.14. The second-order valence-corrected chi connectivity index (χ2v) is 14.2. The number of benzene rings is 7. The summed E-state index contributed by atoms with van der Waals surface area (Å²) in [6, 6.07) is 55.2. The van der Waals surface area contributed by atoms with Gasteiger partial charge in [-0.15, -0.1) is 0 Å². The van der Waals surface area contributed by atoms with Crippen LogP contribution in [0.3, 0.4) is 0 Å². The largest absolute Gasteiger partial charge is 0.489 e. The molecule has 0 heterocycles. The first kappa shape index (κ1) is 39.0. The molecule has 7 rings (SSSR count). The molecule has 288 valence electrons. The van der Waals surface area contributed by atoms with E-state index in [-0.39, 0.29) is 19.8 Å². The summed E-state index contributed by atoms with van der Waals surface area (Å²) in [5.74, 6) is 3.71. The SMILES string of the molecule is OCc1cc(OCc2cc(OCc3ccccc3)cc(OCc3ccccc3)c2)cc(OCc2cc(OCc3ccccc3)c(Br)c(OCc3ccccc3)c2)c1. The highest BCUT2D eigenvalue weighted by Crippen LogP contribution is 2.38. The molecule has 0 spiro atoms. The third-order valence-corrected chi connectivity index (χ3v) is 9.69. The standard InChI is InChI=1S/C49H43BrO7/c50-49-47(56-32-38-17-9-3-10-18-38)25-42(26-48(49)57-33-39-19-11-4-12-20-39)35-55-44-22-40(29-51)21-43(27-44)54-34-41-23-45(52-30-36-13-5-1-6-14-36)28-46(24-41)53-31-37-15-7-2-8-16-37/h1-28,51H,29-35H2. The van der Waals surface area contributed by atoms with Crippen molar-refractivity contribution >= 4 is 15.9 Å². The summed E-state index contributed by atoms with van der Waals surface area (Å²) in [7, 11) is 0. The van der Waals surface area contributed by atoms with Crippen LogP contribution in [0.2, 0.25) is 0 Å². The molecule has 0 aromatic heterocycles. The fourth-order valence-corrected chi connectivity index (χ4v) is 6.43. The normalized spacial score (nSPS) is 10.8. The summed E-state index contributed by atoms with van der Waals surface area (Å²) >= 11 is 3.72. The number of rotatable bonds is 19. The smallest absolute Gasteiger partial charge is 0.138 e. The minimum atomic E-state index is -0.179. The van der Waals surface area contributed by atoms with Crippen molar-refractivity contribution in [1.29, 1.82) is 0 Å². The highest BCUT2D eigenvalue weighted by atomic mass is 79.9. The van der Waals surface area contributed by atoms with Gasteiger partial charge >= 0.3 is 0 Å². The summed E-state index contributed by atoms with van der Waals surface area (Å²) in [6.45, 7) is 1.89. The molecule has 0 aliphatic heterocycles. The molecule has 1 N–H and O–H groups in total. The molecule has 0 amide bonds. The molecular weight excluding hydrogens is 780 g/mol. The van der Waals surface area contributed by atoms with Gasteiger partial charge in [0.2, 0.25) is 0 Å². The fourth-order valence-electron chi connectivity index (χ4n) is 5.98. The van der Waals surface area contributed by atoms with Crippen molar-refractivity contribution in [3.05, 3.63) is 213 Å². The van der Waals surface area contributed by atoms with Crippen molar-refractivity contribution < 1.29 is 33.5 Å². The summed E-state index contributed by atoms with van der Waals surface area (Å²) in [4.78, 5) is 0. The Bertz CT molecular complexity index is 2180. The average molecular weight is 824 g/mol. The summed E-state index contributed by atoms with van der Waals surface area (Å²) < 4.78 is 38.3. The molecular formula is C49H43BrO7. The van der Waals surface area contributed by atoms with Crippen LogP contribution in [0, 0.1) is 0 Å². The van der Waals surface area contributed by atoms with Crippen LogP contribution >= 0.6 is 15.9 Å². The Morgan fingerprint density at radius 2 is 0.596 bits per heavy atom. The quantitative estimate of drug-likeness (QED) is 0.0870. The van der Waals surface area contributed by atoms with Crippen molar-refractivity contribution in [2.45, 2.75) is 46.2 Å². The molecule has 7 aromatic rings. The molecule has 8 heteroatoms. The van der Waals surface area contributed by atoms with Gasteiger partial charge in [-0.05, 0) is 91.3 Å².